The summed E-state index contributed by atoms with van der Waals surface area (Å²) in [4.78, 5) is 19.6. The Hall–Kier alpha value is -4.11. The molecule has 2 saturated heterocycles. The maximum atomic E-state index is 12.9. The average molecular weight is 588 g/mol. The fourth-order valence-corrected chi connectivity index (χ4v) is 5.52. The summed E-state index contributed by atoms with van der Waals surface area (Å²) in [7, 11) is 1.62. The van der Waals surface area contributed by atoms with Gasteiger partial charge in [0.1, 0.15) is 11.8 Å². The Morgan fingerprint density at radius 1 is 1.14 bits per heavy atom. The minimum Gasteiger partial charge on any atom is -0.493 e. The molecule has 1 unspecified atom stereocenters. The van der Waals surface area contributed by atoms with Crippen molar-refractivity contribution in [1.82, 2.24) is 26.1 Å². The number of methoxy groups -OCH3 is 1. The molecule has 3 N–H and O–H groups in total. The van der Waals surface area contributed by atoms with Crippen LogP contribution in [0.15, 0.2) is 42.6 Å². The summed E-state index contributed by atoms with van der Waals surface area (Å²) in [5.74, 6) is 1.82. The molecule has 5 rings (SSSR count). The number of hydrogen-bond acceptors (Lipinski definition) is 10. The largest absolute Gasteiger partial charge is 0.493 e. The molecule has 0 bridgehead atoms. The maximum absolute atomic E-state index is 12.9. The number of anilines is 1. The van der Waals surface area contributed by atoms with E-state index < -0.39 is 0 Å². The van der Waals surface area contributed by atoms with Crippen molar-refractivity contribution >= 4 is 22.5 Å². The second kappa shape index (κ2) is 14.4. The van der Waals surface area contributed by atoms with Crippen LogP contribution in [0.2, 0.25) is 0 Å². The molecule has 3 heterocycles. The van der Waals surface area contributed by atoms with Gasteiger partial charge in [0.2, 0.25) is 0 Å². The Morgan fingerprint density at radius 3 is 2.60 bits per heavy atom. The lowest BCUT2D eigenvalue weighted by molar-refractivity contribution is 0.0777. The zero-order chi connectivity index (χ0) is 30.2. The van der Waals surface area contributed by atoms with E-state index in [0.717, 1.165) is 54.8 Å². The van der Waals surface area contributed by atoms with Crippen LogP contribution < -0.4 is 35.2 Å². The molecule has 2 aliphatic heterocycles. The maximum Gasteiger partial charge on any atom is 0.265 e. The van der Waals surface area contributed by atoms with Crippen LogP contribution in [0.4, 0.5) is 5.69 Å². The Balaban J connectivity index is 1.23. The number of carbonyl (C=O) groups excluding carboxylic acids is 1. The predicted octanol–water partition coefficient (Wildman–Crippen LogP) is 3.09. The van der Waals surface area contributed by atoms with E-state index in [1.165, 1.54) is 0 Å². The predicted molar refractivity (Wildman–Crippen MR) is 166 cm³/mol. The number of nitrogens with zero attached hydrogens (tertiary/aromatic N) is 4. The third-order valence-corrected chi connectivity index (χ3v) is 7.67. The molecule has 11 nitrogen and oxygen atoms in total. The molecule has 0 saturated carbocycles. The van der Waals surface area contributed by atoms with Gasteiger partial charge in [-0.1, -0.05) is 0 Å². The van der Waals surface area contributed by atoms with Crippen LogP contribution in [-0.4, -0.2) is 87.6 Å². The summed E-state index contributed by atoms with van der Waals surface area (Å²) in [5, 5.41) is 19.6. The number of hydrazine groups is 1. The lowest BCUT2D eigenvalue weighted by Gasteiger charge is -2.36. The molecule has 2 aliphatic rings. The molecule has 0 spiro atoms. The van der Waals surface area contributed by atoms with Crippen molar-refractivity contribution < 1.29 is 19.0 Å². The van der Waals surface area contributed by atoms with Crippen LogP contribution in [0.25, 0.3) is 10.9 Å². The van der Waals surface area contributed by atoms with Crippen LogP contribution in [0.5, 0.6) is 17.2 Å². The molecule has 2 aromatic carbocycles. The molecule has 1 atom stereocenters. The summed E-state index contributed by atoms with van der Waals surface area (Å²) < 4.78 is 17.5. The highest BCUT2D eigenvalue weighted by Gasteiger charge is 2.24. The van der Waals surface area contributed by atoms with E-state index >= 15 is 0 Å². The second-order valence-electron chi connectivity index (χ2n) is 11.1. The topological polar surface area (TPSA) is 124 Å². The van der Waals surface area contributed by atoms with Gasteiger partial charge in [-0.25, -0.2) is 5.01 Å². The molecule has 1 aromatic heterocycles. The highest BCUT2D eigenvalue weighted by Crippen LogP contribution is 2.38. The number of ether oxygens (including phenoxy) is 3. The monoisotopic (exact) mass is 587 g/mol. The molecule has 11 heteroatoms. The zero-order valence-corrected chi connectivity index (χ0v) is 25.2. The molecule has 228 valence electrons. The first-order chi connectivity index (χ1) is 20.9. The molecular formula is C32H41N7O4. The fourth-order valence-electron chi connectivity index (χ4n) is 5.52. The lowest BCUT2D eigenvalue weighted by atomic mass is 10.1. The Bertz CT molecular complexity index is 1430. The quantitative estimate of drug-likeness (QED) is 0.288. The van der Waals surface area contributed by atoms with Crippen molar-refractivity contribution in [2.45, 2.75) is 38.8 Å². The number of amides is 1. The first kappa shape index (κ1) is 30.4. The number of benzene rings is 2. The lowest BCUT2D eigenvalue weighted by Crippen LogP contribution is -2.53. The number of carbonyl (C=O) groups is 1. The SMILES string of the molecule is COc1cc2c(N3CCN(NC(=O)c4ccc(OC(C)C)cc4)CC3)c(C#N)cnc2cc1OCCCC1CNCCN1. The van der Waals surface area contributed by atoms with E-state index in [4.69, 9.17) is 14.2 Å². The average Bonchev–Trinajstić information content (AvgIpc) is 3.03. The van der Waals surface area contributed by atoms with Gasteiger partial charge in [-0.2, -0.15) is 5.26 Å². The van der Waals surface area contributed by atoms with Crippen LogP contribution >= 0.6 is 0 Å². The highest BCUT2D eigenvalue weighted by atomic mass is 16.5. The van der Waals surface area contributed by atoms with Crippen molar-refractivity contribution in [3.8, 4) is 23.3 Å². The zero-order valence-electron chi connectivity index (χ0n) is 25.2. The number of piperazine rings is 2. The van der Waals surface area contributed by atoms with Gasteiger partial charge < -0.3 is 29.7 Å². The van der Waals surface area contributed by atoms with E-state index in [1.54, 1.807) is 25.4 Å². The molecule has 3 aromatic rings. The number of aromatic nitrogens is 1. The van der Waals surface area contributed by atoms with Gasteiger partial charge in [-0.3, -0.25) is 15.2 Å². The van der Waals surface area contributed by atoms with Gasteiger partial charge in [0, 0.05) is 75.1 Å². The fraction of sp³-hybridized carbons (Fsp3) is 0.469. The Labute approximate surface area is 253 Å². The van der Waals surface area contributed by atoms with E-state index in [1.807, 2.05) is 43.1 Å². The first-order valence-corrected chi connectivity index (χ1v) is 15.0. The third kappa shape index (κ3) is 7.65. The van der Waals surface area contributed by atoms with Crippen molar-refractivity contribution in [2.24, 2.45) is 0 Å². The van der Waals surface area contributed by atoms with E-state index in [0.29, 0.717) is 61.5 Å². The van der Waals surface area contributed by atoms with Gasteiger partial charge in [0.05, 0.1) is 36.6 Å². The number of pyridine rings is 1. The summed E-state index contributed by atoms with van der Waals surface area (Å²) in [6.07, 6.45) is 3.65. The minimum atomic E-state index is -0.166. The normalized spacial score (nSPS) is 17.5. The van der Waals surface area contributed by atoms with Crippen molar-refractivity contribution in [3.05, 3.63) is 53.7 Å². The van der Waals surface area contributed by atoms with Crippen LogP contribution in [0.1, 0.15) is 42.6 Å². The number of nitrogens with one attached hydrogen (secondary N) is 3. The molecule has 43 heavy (non-hydrogen) atoms. The molecule has 0 aliphatic carbocycles. The molecular weight excluding hydrogens is 546 g/mol. The molecule has 1 amide bonds. The van der Waals surface area contributed by atoms with Gasteiger partial charge >= 0.3 is 0 Å². The standard InChI is InChI=1S/C32H41N7O4/c1-22(2)43-26-8-6-23(7-9-26)32(40)37-39-14-12-38(13-15-39)31-24(19-33)20-36-28-18-30(29(41-3)17-27(28)31)42-16-4-5-25-21-34-10-11-35-25/h6-9,17-18,20,22,25,34-35H,4-5,10-16,21H2,1-3H3,(H,37,40). The Morgan fingerprint density at radius 2 is 1.93 bits per heavy atom. The number of hydrogen-bond donors (Lipinski definition) is 3. The number of nitriles is 1. The van der Waals surface area contributed by atoms with Crippen LogP contribution in [-0.2, 0) is 0 Å². The highest BCUT2D eigenvalue weighted by molar-refractivity contribution is 5.97. The van der Waals surface area contributed by atoms with E-state index in [2.05, 4.69) is 32.0 Å². The Kier molecular flexibility index (Phi) is 10.1. The third-order valence-electron chi connectivity index (χ3n) is 7.67. The van der Waals surface area contributed by atoms with Gasteiger partial charge in [-0.15, -0.1) is 0 Å². The summed E-state index contributed by atoms with van der Waals surface area (Å²) >= 11 is 0. The first-order valence-electron chi connectivity index (χ1n) is 15.0. The molecule has 0 radical (unpaired) electrons. The summed E-state index contributed by atoms with van der Waals surface area (Å²) in [6.45, 7) is 9.94. The minimum absolute atomic E-state index is 0.0725. The van der Waals surface area contributed by atoms with Crippen LogP contribution in [0.3, 0.4) is 0 Å². The second-order valence-corrected chi connectivity index (χ2v) is 11.1. The summed E-state index contributed by atoms with van der Waals surface area (Å²) in [5.41, 5.74) is 5.63. The van der Waals surface area contributed by atoms with E-state index in [-0.39, 0.29) is 12.0 Å². The summed E-state index contributed by atoms with van der Waals surface area (Å²) in [6, 6.07) is 13.7. The smallest absolute Gasteiger partial charge is 0.265 e. The molecule has 2 fully saturated rings. The van der Waals surface area contributed by atoms with Crippen LogP contribution in [0, 0.1) is 11.3 Å². The number of fused-ring (bicyclic) bond motifs is 1. The van der Waals surface area contributed by atoms with Gasteiger partial charge in [0.25, 0.3) is 5.91 Å². The van der Waals surface area contributed by atoms with Gasteiger partial charge in [0.15, 0.2) is 11.5 Å². The van der Waals surface area contributed by atoms with Gasteiger partial charge in [-0.05, 0) is 57.0 Å². The van der Waals surface area contributed by atoms with E-state index in [9.17, 15) is 10.1 Å². The van der Waals surface area contributed by atoms with Crippen molar-refractivity contribution in [1.29, 1.82) is 5.26 Å². The number of rotatable bonds is 11. The van der Waals surface area contributed by atoms with Crippen molar-refractivity contribution in [2.75, 3.05) is 64.4 Å². The van der Waals surface area contributed by atoms with Crippen molar-refractivity contribution in [3.63, 3.8) is 0 Å².